The van der Waals surface area contributed by atoms with Gasteiger partial charge in [0.2, 0.25) is 0 Å². The molecule has 2 amide bonds. The third-order valence-corrected chi connectivity index (χ3v) is 3.45. The van der Waals surface area contributed by atoms with Gasteiger partial charge in [0.25, 0.3) is 18.2 Å². The van der Waals surface area contributed by atoms with E-state index in [2.05, 4.69) is 5.10 Å². The highest BCUT2D eigenvalue weighted by Crippen LogP contribution is 2.23. The van der Waals surface area contributed by atoms with Gasteiger partial charge in [0.1, 0.15) is 5.82 Å². The van der Waals surface area contributed by atoms with Gasteiger partial charge in [0.05, 0.1) is 11.8 Å². The van der Waals surface area contributed by atoms with Crippen LogP contribution in [0.4, 0.5) is 13.2 Å². The van der Waals surface area contributed by atoms with Gasteiger partial charge in [-0.05, 0) is 24.3 Å². The summed E-state index contributed by atoms with van der Waals surface area (Å²) in [6, 6.07) is 8.56. The van der Waals surface area contributed by atoms with Gasteiger partial charge in [0, 0.05) is 23.7 Å². The molecule has 0 aliphatic carbocycles. The molecule has 0 aromatic heterocycles. The van der Waals surface area contributed by atoms with Crippen LogP contribution in [0.25, 0.3) is 0 Å². The zero-order valence-corrected chi connectivity index (χ0v) is 13.5. The second-order valence-corrected chi connectivity index (χ2v) is 5.14. The summed E-state index contributed by atoms with van der Waals surface area (Å²) in [6.45, 7) is 0. The molecule has 0 bridgehead atoms. The van der Waals surface area contributed by atoms with Crippen molar-refractivity contribution in [1.82, 2.24) is 10.5 Å². The Kier molecular flexibility index (Phi) is 6.07. The van der Waals surface area contributed by atoms with Crippen molar-refractivity contribution in [3.05, 3.63) is 70.5 Å². The van der Waals surface area contributed by atoms with E-state index in [9.17, 15) is 22.8 Å². The molecule has 0 radical (unpaired) electrons. The van der Waals surface area contributed by atoms with Crippen molar-refractivity contribution in [2.75, 3.05) is 7.05 Å². The van der Waals surface area contributed by atoms with E-state index >= 15 is 0 Å². The summed E-state index contributed by atoms with van der Waals surface area (Å²) in [7, 11) is 1.24. The van der Waals surface area contributed by atoms with Gasteiger partial charge in [-0.1, -0.05) is 18.2 Å². The maximum Gasteiger partial charge on any atom is 0.274 e. The zero-order valence-electron chi connectivity index (χ0n) is 13.5. The summed E-state index contributed by atoms with van der Waals surface area (Å²) in [5.41, 5.74) is 0.582. The van der Waals surface area contributed by atoms with Crippen LogP contribution in [0.3, 0.4) is 0 Å². The van der Waals surface area contributed by atoms with E-state index in [1.54, 1.807) is 0 Å². The number of hydroxylamine groups is 1. The number of hydrogen-bond acceptors (Lipinski definition) is 4. The molecule has 0 atom stereocenters. The number of alkyl halides is 2. The Morgan fingerprint density at radius 3 is 2.54 bits per heavy atom. The molecule has 136 valence electrons. The Hall–Kier alpha value is -3.20. The zero-order chi connectivity index (χ0) is 19.3. The smallest absolute Gasteiger partial charge is 0.274 e. The molecular formula is C17H14F3N3O3. The van der Waals surface area contributed by atoms with Gasteiger partial charge in [-0.15, -0.1) is 0 Å². The van der Waals surface area contributed by atoms with Crippen molar-refractivity contribution in [1.29, 1.82) is 0 Å². The molecule has 0 saturated heterocycles. The largest absolute Gasteiger partial charge is 0.288 e. The SMILES string of the molecule is CN(/N=C/c1ccc(C(=O)NO)cc1F)C(=O)c1ccccc1C(F)F. The lowest BCUT2D eigenvalue weighted by Crippen LogP contribution is -2.23. The van der Waals surface area contributed by atoms with Crippen LogP contribution in [-0.4, -0.2) is 35.3 Å². The van der Waals surface area contributed by atoms with Gasteiger partial charge in [-0.3, -0.25) is 14.8 Å². The highest BCUT2D eigenvalue weighted by atomic mass is 19.3. The van der Waals surface area contributed by atoms with Gasteiger partial charge in [0.15, 0.2) is 0 Å². The van der Waals surface area contributed by atoms with Crippen LogP contribution in [0.1, 0.15) is 38.3 Å². The second kappa shape index (κ2) is 8.26. The molecule has 26 heavy (non-hydrogen) atoms. The standard InChI is InChI=1S/C17H14F3N3O3/c1-23(17(25)13-5-3-2-4-12(13)15(19)20)21-9-11-7-6-10(8-14(11)18)16(24)22-26/h2-9,15,26H,1H3,(H,22,24)/b21-9+. The Labute approximate surface area is 146 Å². The van der Waals surface area contributed by atoms with E-state index in [0.717, 1.165) is 23.4 Å². The van der Waals surface area contributed by atoms with Crippen molar-refractivity contribution in [2.45, 2.75) is 6.43 Å². The number of benzene rings is 2. The third kappa shape index (κ3) is 4.25. The minimum atomic E-state index is -2.82. The van der Waals surface area contributed by atoms with E-state index < -0.39 is 29.6 Å². The molecule has 0 spiro atoms. The fraction of sp³-hybridized carbons (Fsp3) is 0.118. The fourth-order valence-electron chi connectivity index (χ4n) is 2.10. The Bertz CT molecular complexity index is 856. The fourth-order valence-corrected chi connectivity index (χ4v) is 2.10. The summed E-state index contributed by atoms with van der Waals surface area (Å²) < 4.78 is 39.9. The highest BCUT2D eigenvalue weighted by Gasteiger charge is 2.20. The van der Waals surface area contributed by atoms with Crippen molar-refractivity contribution >= 4 is 18.0 Å². The molecule has 9 heteroatoms. The van der Waals surface area contributed by atoms with Gasteiger partial charge < -0.3 is 0 Å². The molecule has 2 aromatic carbocycles. The number of nitrogens with one attached hydrogen (secondary N) is 1. The average Bonchev–Trinajstić information content (AvgIpc) is 2.65. The first kappa shape index (κ1) is 19.1. The number of amides is 2. The van der Waals surface area contributed by atoms with Crippen LogP contribution in [0.2, 0.25) is 0 Å². The van der Waals surface area contributed by atoms with E-state index in [0.29, 0.717) is 0 Å². The molecule has 0 aliphatic heterocycles. The predicted molar refractivity (Wildman–Crippen MR) is 86.7 cm³/mol. The molecule has 0 saturated carbocycles. The summed E-state index contributed by atoms with van der Waals surface area (Å²) in [5, 5.41) is 13.1. The molecular weight excluding hydrogens is 351 g/mol. The highest BCUT2D eigenvalue weighted by molar-refractivity contribution is 5.96. The second-order valence-electron chi connectivity index (χ2n) is 5.14. The predicted octanol–water partition coefficient (Wildman–Crippen LogP) is 2.99. The minimum Gasteiger partial charge on any atom is -0.288 e. The van der Waals surface area contributed by atoms with Gasteiger partial charge in [-0.2, -0.15) is 5.10 Å². The van der Waals surface area contributed by atoms with E-state index in [4.69, 9.17) is 5.21 Å². The topological polar surface area (TPSA) is 82.0 Å². The number of nitrogens with zero attached hydrogens (tertiary/aromatic N) is 2. The van der Waals surface area contributed by atoms with Crippen molar-refractivity contribution < 1.29 is 28.0 Å². The molecule has 2 aromatic rings. The first-order chi connectivity index (χ1) is 12.3. The normalized spacial score (nSPS) is 11.0. The van der Waals surface area contributed by atoms with Crippen LogP contribution >= 0.6 is 0 Å². The lowest BCUT2D eigenvalue weighted by atomic mass is 10.1. The third-order valence-electron chi connectivity index (χ3n) is 3.45. The summed E-state index contributed by atoms with van der Waals surface area (Å²) in [5.74, 6) is -2.49. The summed E-state index contributed by atoms with van der Waals surface area (Å²) in [4.78, 5) is 23.5. The van der Waals surface area contributed by atoms with Crippen LogP contribution in [0.5, 0.6) is 0 Å². The van der Waals surface area contributed by atoms with Crippen LogP contribution in [0.15, 0.2) is 47.6 Å². The quantitative estimate of drug-likeness (QED) is 0.486. The summed E-state index contributed by atoms with van der Waals surface area (Å²) in [6.07, 6.45) is -1.81. The maximum absolute atomic E-state index is 13.9. The van der Waals surface area contributed by atoms with Gasteiger partial charge >= 0.3 is 0 Å². The first-order valence-corrected chi connectivity index (χ1v) is 7.28. The molecule has 6 nitrogen and oxygen atoms in total. The van der Waals surface area contributed by atoms with Crippen molar-refractivity contribution in [2.24, 2.45) is 5.10 Å². The number of hydrazone groups is 1. The molecule has 0 heterocycles. The van der Waals surface area contributed by atoms with Crippen LogP contribution in [0, 0.1) is 5.82 Å². The Morgan fingerprint density at radius 2 is 1.92 bits per heavy atom. The Balaban J connectivity index is 2.21. The van der Waals surface area contributed by atoms with Crippen molar-refractivity contribution in [3.8, 4) is 0 Å². The first-order valence-electron chi connectivity index (χ1n) is 7.28. The lowest BCUT2D eigenvalue weighted by molar-refractivity contribution is 0.0705. The summed E-state index contributed by atoms with van der Waals surface area (Å²) >= 11 is 0. The monoisotopic (exact) mass is 365 g/mol. The molecule has 2 rings (SSSR count). The van der Waals surface area contributed by atoms with Crippen LogP contribution in [-0.2, 0) is 0 Å². The minimum absolute atomic E-state index is 0.0405. The van der Waals surface area contributed by atoms with E-state index in [1.165, 1.54) is 42.9 Å². The van der Waals surface area contributed by atoms with E-state index in [1.807, 2.05) is 0 Å². The molecule has 0 fully saturated rings. The number of rotatable bonds is 5. The lowest BCUT2D eigenvalue weighted by Gasteiger charge is -2.14. The van der Waals surface area contributed by atoms with E-state index in [-0.39, 0.29) is 16.7 Å². The van der Waals surface area contributed by atoms with Gasteiger partial charge in [-0.25, -0.2) is 23.7 Å². The average molecular weight is 365 g/mol. The number of carbonyl (C=O) groups is 2. The molecule has 2 N–H and O–H groups in total. The Morgan fingerprint density at radius 1 is 1.23 bits per heavy atom. The number of hydrogen-bond donors (Lipinski definition) is 2. The number of halogens is 3. The molecule has 0 unspecified atom stereocenters. The maximum atomic E-state index is 13.9. The van der Waals surface area contributed by atoms with Crippen molar-refractivity contribution in [3.63, 3.8) is 0 Å². The van der Waals surface area contributed by atoms with Crippen LogP contribution < -0.4 is 5.48 Å². The molecule has 0 aliphatic rings. The number of carbonyl (C=O) groups excluding carboxylic acids is 2.